The highest BCUT2D eigenvalue weighted by Gasteiger charge is 2.29. The Labute approximate surface area is 144 Å². The van der Waals surface area contributed by atoms with E-state index in [0.717, 1.165) is 0 Å². The number of rotatable bonds is 5. The van der Waals surface area contributed by atoms with E-state index in [1.165, 1.54) is 18.2 Å². The highest BCUT2D eigenvalue weighted by Crippen LogP contribution is 2.27. The number of carbonyl (C=O) groups excluding carboxylic acids is 1. The maximum absolute atomic E-state index is 12.9. The molecule has 0 N–H and O–H groups in total. The number of non-ortho nitro benzene ring substituents is 1. The van der Waals surface area contributed by atoms with Crippen molar-refractivity contribution in [2.75, 3.05) is 26.3 Å². The Balaban J connectivity index is 1.87. The van der Waals surface area contributed by atoms with E-state index < -0.39 is 11.0 Å². The largest absolute Gasteiger partial charge is 0.476 e. The lowest BCUT2D eigenvalue weighted by Crippen LogP contribution is -2.44. The Hall–Kier alpha value is -2.93. The van der Waals surface area contributed by atoms with Gasteiger partial charge in [-0.3, -0.25) is 14.9 Å². The number of amides is 1. The van der Waals surface area contributed by atoms with Gasteiger partial charge in [0.1, 0.15) is 5.75 Å². The molecule has 130 valence electrons. The van der Waals surface area contributed by atoms with Crippen LogP contribution in [0.1, 0.15) is 11.7 Å². The number of hydrogen-bond acceptors (Lipinski definition) is 5. The number of hydrogen-bond donors (Lipinski definition) is 0. The van der Waals surface area contributed by atoms with Crippen molar-refractivity contribution in [3.63, 3.8) is 0 Å². The summed E-state index contributed by atoms with van der Waals surface area (Å²) in [6.45, 7) is 1.98. The van der Waals surface area contributed by atoms with Crippen LogP contribution < -0.4 is 4.74 Å². The number of nitro groups is 1. The van der Waals surface area contributed by atoms with Gasteiger partial charge >= 0.3 is 0 Å². The maximum Gasteiger partial charge on any atom is 0.273 e. The van der Waals surface area contributed by atoms with Gasteiger partial charge < -0.3 is 14.4 Å². The first kappa shape index (κ1) is 16.9. The zero-order valence-corrected chi connectivity index (χ0v) is 13.5. The fraction of sp³-hybridized carbons (Fsp3) is 0.278. The maximum atomic E-state index is 12.9. The van der Waals surface area contributed by atoms with Gasteiger partial charge in [0.2, 0.25) is 6.10 Å². The molecule has 0 unspecified atom stereocenters. The number of nitrogens with zero attached hydrogens (tertiary/aromatic N) is 2. The van der Waals surface area contributed by atoms with Gasteiger partial charge in [0.25, 0.3) is 11.6 Å². The summed E-state index contributed by atoms with van der Waals surface area (Å²) in [5.74, 6) is 0.102. The minimum absolute atomic E-state index is 0.0804. The van der Waals surface area contributed by atoms with E-state index in [1.807, 2.05) is 18.2 Å². The van der Waals surface area contributed by atoms with Gasteiger partial charge in [-0.2, -0.15) is 0 Å². The molecule has 1 heterocycles. The second kappa shape index (κ2) is 7.76. The average Bonchev–Trinajstić information content (AvgIpc) is 2.67. The summed E-state index contributed by atoms with van der Waals surface area (Å²) in [5.41, 5.74) is 0.619. The third-order valence-electron chi connectivity index (χ3n) is 3.93. The third-order valence-corrected chi connectivity index (χ3v) is 3.93. The SMILES string of the molecule is O=C([C@H](Oc1cccc([N+](=O)[O-])c1)c1ccccc1)N1CCOCC1. The van der Waals surface area contributed by atoms with Crippen LogP contribution in [-0.4, -0.2) is 42.0 Å². The van der Waals surface area contributed by atoms with Crippen LogP contribution >= 0.6 is 0 Å². The fourth-order valence-corrected chi connectivity index (χ4v) is 2.64. The lowest BCUT2D eigenvalue weighted by atomic mass is 10.1. The normalized spacial score (nSPS) is 15.4. The molecule has 1 amide bonds. The highest BCUT2D eigenvalue weighted by atomic mass is 16.6. The van der Waals surface area contributed by atoms with Crippen LogP contribution in [0, 0.1) is 10.1 Å². The van der Waals surface area contributed by atoms with E-state index in [9.17, 15) is 14.9 Å². The fourth-order valence-electron chi connectivity index (χ4n) is 2.64. The lowest BCUT2D eigenvalue weighted by molar-refractivity contribution is -0.385. The summed E-state index contributed by atoms with van der Waals surface area (Å²) in [6, 6.07) is 15.0. The standard InChI is InChI=1S/C18H18N2O5/c21-18(19-9-11-24-12-10-19)17(14-5-2-1-3-6-14)25-16-8-4-7-15(13-16)20(22)23/h1-8,13,17H,9-12H2/t17-/m1/s1. The number of benzene rings is 2. The molecule has 2 aromatic carbocycles. The van der Waals surface area contributed by atoms with E-state index in [2.05, 4.69) is 0 Å². The van der Waals surface area contributed by atoms with E-state index in [-0.39, 0.29) is 17.3 Å². The molecule has 1 fully saturated rings. The second-order valence-corrected chi connectivity index (χ2v) is 5.60. The van der Waals surface area contributed by atoms with Crippen molar-refractivity contribution in [1.82, 2.24) is 4.90 Å². The van der Waals surface area contributed by atoms with E-state index >= 15 is 0 Å². The van der Waals surface area contributed by atoms with E-state index in [1.54, 1.807) is 23.1 Å². The molecule has 0 aromatic heterocycles. The third kappa shape index (κ3) is 4.13. The topological polar surface area (TPSA) is 81.9 Å². The van der Waals surface area contributed by atoms with Gasteiger partial charge in [0.15, 0.2) is 0 Å². The van der Waals surface area contributed by atoms with Crippen molar-refractivity contribution >= 4 is 11.6 Å². The van der Waals surface area contributed by atoms with Crippen LogP contribution in [0.25, 0.3) is 0 Å². The Morgan fingerprint density at radius 1 is 1.12 bits per heavy atom. The summed E-state index contributed by atoms with van der Waals surface area (Å²) < 4.78 is 11.2. The Morgan fingerprint density at radius 3 is 2.52 bits per heavy atom. The summed E-state index contributed by atoms with van der Waals surface area (Å²) >= 11 is 0. The molecule has 1 saturated heterocycles. The van der Waals surface area contributed by atoms with Crippen LogP contribution in [0.5, 0.6) is 5.75 Å². The van der Waals surface area contributed by atoms with Gasteiger partial charge in [0, 0.05) is 24.7 Å². The molecule has 2 aromatic rings. The Bertz CT molecular complexity index is 744. The first-order valence-electron chi connectivity index (χ1n) is 7.98. The number of morpholine rings is 1. The average molecular weight is 342 g/mol. The molecule has 3 rings (SSSR count). The van der Waals surface area contributed by atoms with E-state index in [0.29, 0.717) is 31.9 Å². The van der Waals surface area contributed by atoms with Crippen molar-refractivity contribution in [2.24, 2.45) is 0 Å². The van der Waals surface area contributed by atoms with Crippen molar-refractivity contribution in [2.45, 2.75) is 6.10 Å². The first-order chi connectivity index (χ1) is 12.1. The highest BCUT2D eigenvalue weighted by molar-refractivity contribution is 5.82. The second-order valence-electron chi connectivity index (χ2n) is 5.60. The quantitative estimate of drug-likeness (QED) is 0.616. The number of nitro benzene ring substituents is 1. The molecular weight excluding hydrogens is 324 g/mol. The summed E-state index contributed by atoms with van der Waals surface area (Å²) in [6.07, 6.45) is -0.860. The monoisotopic (exact) mass is 342 g/mol. The zero-order chi connectivity index (χ0) is 17.6. The van der Waals surface area contributed by atoms with Gasteiger partial charge in [-0.25, -0.2) is 0 Å². The molecule has 0 spiro atoms. The Kier molecular flexibility index (Phi) is 5.25. The molecular formula is C18H18N2O5. The van der Waals surface area contributed by atoms with Crippen LogP contribution in [0.4, 0.5) is 5.69 Å². The van der Waals surface area contributed by atoms with Crippen molar-refractivity contribution in [3.05, 3.63) is 70.3 Å². The van der Waals surface area contributed by atoms with Crippen molar-refractivity contribution < 1.29 is 19.2 Å². The first-order valence-corrected chi connectivity index (χ1v) is 7.98. The Morgan fingerprint density at radius 2 is 1.84 bits per heavy atom. The summed E-state index contributed by atoms with van der Waals surface area (Å²) in [4.78, 5) is 25.1. The predicted molar refractivity (Wildman–Crippen MR) is 90.3 cm³/mol. The molecule has 1 aliphatic heterocycles. The minimum Gasteiger partial charge on any atom is -0.476 e. The van der Waals surface area contributed by atoms with Gasteiger partial charge in [-0.1, -0.05) is 36.4 Å². The van der Waals surface area contributed by atoms with E-state index in [4.69, 9.17) is 9.47 Å². The predicted octanol–water partition coefficient (Wildman–Crippen LogP) is 2.57. The molecule has 0 saturated carbocycles. The van der Waals surface area contributed by atoms with Crippen LogP contribution in [0.2, 0.25) is 0 Å². The number of ether oxygens (including phenoxy) is 2. The van der Waals surface area contributed by atoms with Crippen LogP contribution in [0.3, 0.4) is 0 Å². The van der Waals surface area contributed by atoms with Gasteiger partial charge in [-0.05, 0) is 6.07 Å². The van der Waals surface area contributed by atoms with Crippen molar-refractivity contribution in [1.29, 1.82) is 0 Å². The summed E-state index contributed by atoms with van der Waals surface area (Å²) in [7, 11) is 0. The minimum atomic E-state index is -0.860. The molecule has 7 nitrogen and oxygen atoms in total. The molecule has 0 aliphatic carbocycles. The van der Waals surface area contributed by atoms with Crippen LogP contribution in [0.15, 0.2) is 54.6 Å². The molecule has 1 atom stereocenters. The zero-order valence-electron chi connectivity index (χ0n) is 13.5. The molecule has 0 radical (unpaired) electrons. The lowest BCUT2D eigenvalue weighted by Gasteiger charge is -2.30. The number of carbonyl (C=O) groups is 1. The molecule has 25 heavy (non-hydrogen) atoms. The molecule has 0 bridgehead atoms. The molecule has 7 heteroatoms. The van der Waals surface area contributed by atoms with Crippen molar-refractivity contribution in [3.8, 4) is 5.75 Å². The van der Waals surface area contributed by atoms with Gasteiger partial charge in [-0.15, -0.1) is 0 Å². The smallest absolute Gasteiger partial charge is 0.273 e. The van der Waals surface area contributed by atoms with Crippen LogP contribution in [-0.2, 0) is 9.53 Å². The van der Waals surface area contributed by atoms with Gasteiger partial charge in [0.05, 0.1) is 24.2 Å². The molecule has 1 aliphatic rings. The summed E-state index contributed by atoms with van der Waals surface area (Å²) in [5, 5.41) is 11.0.